The Morgan fingerprint density at radius 1 is 1.26 bits per heavy atom. The molecule has 0 aliphatic rings. The Balaban J connectivity index is 2.19. The SMILES string of the molecule is CN(CCCNC(=O)OC(C)(C)C)c1ccccc1. The molecule has 4 nitrogen and oxygen atoms in total. The van der Waals surface area contributed by atoms with Crippen molar-refractivity contribution in [2.45, 2.75) is 32.8 Å². The van der Waals surface area contributed by atoms with E-state index in [0.717, 1.165) is 13.0 Å². The van der Waals surface area contributed by atoms with Crippen molar-refractivity contribution in [2.75, 3.05) is 25.0 Å². The number of rotatable bonds is 5. The molecular formula is C15H24N2O2. The number of nitrogens with zero attached hydrogens (tertiary/aromatic N) is 1. The normalized spacial score (nSPS) is 10.9. The zero-order valence-electron chi connectivity index (χ0n) is 12.3. The fraction of sp³-hybridized carbons (Fsp3) is 0.533. The van der Waals surface area contributed by atoms with Gasteiger partial charge in [0.1, 0.15) is 5.60 Å². The van der Waals surface area contributed by atoms with Crippen LogP contribution in [0.5, 0.6) is 0 Å². The Morgan fingerprint density at radius 3 is 2.47 bits per heavy atom. The maximum absolute atomic E-state index is 11.4. The highest BCUT2D eigenvalue weighted by Crippen LogP contribution is 2.10. The van der Waals surface area contributed by atoms with Crippen LogP contribution in [0.3, 0.4) is 0 Å². The molecule has 0 unspecified atom stereocenters. The highest BCUT2D eigenvalue weighted by molar-refractivity contribution is 5.67. The van der Waals surface area contributed by atoms with Gasteiger partial charge in [-0.25, -0.2) is 4.79 Å². The molecule has 0 radical (unpaired) electrons. The predicted octanol–water partition coefficient (Wildman–Crippen LogP) is 3.04. The van der Waals surface area contributed by atoms with Gasteiger partial charge in [-0.15, -0.1) is 0 Å². The van der Waals surface area contributed by atoms with Gasteiger partial charge < -0.3 is 15.0 Å². The van der Waals surface area contributed by atoms with Gasteiger partial charge in [-0.3, -0.25) is 0 Å². The van der Waals surface area contributed by atoms with E-state index in [4.69, 9.17) is 4.74 Å². The van der Waals surface area contributed by atoms with Crippen LogP contribution in [0.1, 0.15) is 27.2 Å². The summed E-state index contributed by atoms with van der Waals surface area (Å²) < 4.78 is 5.17. The lowest BCUT2D eigenvalue weighted by molar-refractivity contribution is 0.0527. The van der Waals surface area contributed by atoms with E-state index in [2.05, 4.69) is 22.3 Å². The highest BCUT2D eigenvalue weighted by atomic mass is 16.6. The third-order valence-electron chi connectivity index (χ3n) is 2.54. The van der Waals surface area contributed by atoms with E-state index in [1.807, 2.05) is 46.0 Å². The maximum Gasteiger partial charge on any atom is 0.407 e. The molecule has 0 atom stereocenters. The van der Waals surface area contributed by atoms with Crippen LogP contribution in [0.4, 0.5) is 10.5 Å². The highest BCUT2D eigenvalue weighted by Gasteiger charge is 2.15. The summed E-state index contributed by atoms with van der Waals surface area (Å²) in [6.45, 7) is 7.08. The average Bonchev–Trinajstić information content (AvgIpc) is 2.33. The van der Waals surface area contributed by atoms with Crippen LogP contribution >= 0.6 is 0 Å². The van der Waals surface area contributed by atoms with Gasteiger partial charge in [-0.1, -0.05) is 18.2 Å². The number of nitrogens with one attached hydrogen (secondary N) is 1. The summed E-state index contributed by atoms with van der Waals surface area (Å²) >= 11 is 0. The van der Waals surface area contributed by atoms with E-state index in [9.17, 15) is 4.79 Å². The summed E-state index contributed by atoms with van der Waals surface area (Å²) in [5.41, 5.74) is 0.741. The second-order valence-electron chi connectivity index (χ2n) is 5.54. The Kier molecular flexibility index (Phi) is 5.67. The average molecular weight is 264 g/mol. The van der Waals surface area contributed by atoms with Crippen LogP contribution in [0.15, 0.2) is 30.3 Å². The summed E-state index contributed by atoms with van der Waals surface area (Å²) in [4.78, 5) is 13.6. The number of carbonyl (C=O) groups excluding carboxylic acids is 1. The molecule has 0 spiro atoms. The first-order valence-corrected chi connectivity index (χ1v) is 6.61. The number of hydrogen-bond acceptors (Lipinski definition) is 3. The van der Waals surface area contributed by atoms with E-state index >= 15 is 0 Å². The van der Waals surface area contributed by atoms with Crippen molar-refractivity contribution in [1.82, 2.24) is 5.32 Å². The lowest BCUT2D eigenvalue weighted by atomic mass is 10.2. The molecule has 0 saturated heterocycles. The van der Waals surface area contributed by atoms with Crippen molar-refractivity contribution in [1.29, 1.82) is 0 Å². The Labute approximate surface area is 115 Å². The molecule has 1 amide bonds. The zero-order valence-corrected chi connectivity index (χ0v) is 12.3. The number of ether oxygens (including phenoxy) is 1. The van der Waals surface area contributed by atoms with Gasteiger partial charge >= 0.3 is 6.09 Å². The van der Waals surface area contributed by atoms with Crippen molar-refractivity contribution < 1.29 is 9.53 Å². The monoisotopic (exact) mass is 264 g/mol. The van der Waals surface area contributed by atoms with E-state index in [-0.39, 0.29) is 6.09 Å². The van der Waals surface area contributed by atoms with E-state index < -0.39 is 5.60 Å². The molecule has 1 aromatic rings. The first-order chi connectivity index (χ1) is 8.88. The summed E-state index contributed by atoms with van der Waals surface area (Å²) in [6.07, 6.45) is 0.528. The van der Waals surface area contributed by atoms with Gasteiger partial charge in [0.05, 0.1) is 0 Å². The molecule has 0 heterocycles. The lowest BCUT2D eigenvalue weighted by Gasteiger charge is -2.21. The van der Waals surface area contributed by atoms with Gasteiger partial charge in [0.15, 0.2) is 0 Å². The zero-order chi connectivity index (χ0) is 14.3. The van der Waals surface area contributed by atoms with Gasteiger partial charge in [-0.2, -0.15) is 0 Å². The lowest BCUT2D eigenvalue weighted by Crippen LogP contribution is -2.34. The second kappa shape index (κ2) is 7.02. The minimum absolute atomic E-state index is 0.352. The number of carbonyl (C=O) groups is 1. The fourth-order valence-electron chi connectivity index (χ4n) is 1.63. The van der Waals surface area contributed by atoms with Gasteiger partial charge in [0.2, 0.25) is 0 Å². The topological polar surface area (TPSA) is 41.6 Å². The maximum atomic E-state index is 11.4. The van der Waals surface area contributed by atoms with Crippen LogP contribution in [0.25, 0.3) is 0 Å². The van der Waals surface area contributed by atoms with Gasteiger partial charge in [0.25, 0.3) is 0 Å². The fourth-order valence-corrected chi connectivity index (χ4v) is 1.63. The van der Waals surface area contributed by atoms with E-state index in [1.54, 1.807) is 0 Å². The second-order valence-corrected chi connectivity index (χ2v) is 5.54. The molecule has 1 N–H and O–H groups in total. The minimum Gasteiger partial charge on any atom is -0.444 e. The van der Waals surface area contributed by atoms with E-state index in [0.29, 0.717) is 6.54 Å². The van der Waals surface area contributed by atoms with Crippen molar-refractivity contribution >= 4 is 11.8 Å². The largest absolute Gasteiger partial charge is 0.444 e. The van der Waals surface area contributed by atoms with E-state index in [1.165, 1.54) is 5.69 Å². The predicted molar refractivity (Wildman–Crippen MR) is 78.6 cm³/mol. The Morgan fingerprint density at radius 2 is 1.89 bits per heavy atom. The smallest absolute Gasteiger partial charge is 0.407 e. The number of alkyl carbamates (subject to hydrolysis) is 1. The van der Waals surface area contributed by atoms with Crippen LogP contribution in [-0.2, 0) is 4.74 Å². The molecule has 0 saturated carbocycles. The molecule has 4 heteroatoms. The third kappa shape index (κ3) is 6.70. The Bertz CT molecular complexity index is 385. The summed E-state index contributed by atoms with van der Waals surface area (Å²) in [5.74, 6) is 0. The number of hydrogen-bond donors (Lipinski definition) is 1. The minimum atomic E-state index is -0.440. The summed E-state index contributed by atoms with van der Waals surface area (Å²) in [7, 11) is 2.04. The van der Waals surface area contributed by atoms with Crippen molar-refractivity contribution in [3.8, 4) is 0 Å². The van der Waals surface area contributed by atoms with Crippen LogP contribution < -0.4 is 10.2 Å². The van der Waals surface area contributed by atoms with Crippen LogP contribution in [0, 0.1) is 0 Å². The molecule has 19 heavy (non-hydrogen) atoms. The van der Waals surface area contributed by atoms with Crippen LogP contribution in [0.2, 0.25) is 0 Å². The quantitative estimate of drug-likeness (QED) is 0.831. The number of benzene rings is 1. The first-order valence-electron chi connectivity index (χ1n) is 6.61. The van der Waals surface area contributed by atoms with Crippen molar-refractivity contribution in [3.63, 3.8) is 0 Å². The van der Waals surface area contributed by atoms with Gasteiger partial charge in [-0.05, 0) is 39.3 Å². The first kappa shape index (κ1) is 15.3. The van der Waals surface area contributed by atoms with Crippen LogP contribution in [-0.4, -0.2) is 31.8 Å². The molecule has 0 fully saturated rings. The molecule has 106 valence electrons. The van der Waals surface area contributed by atoms with Crippen molar-refractivity contribution in [2.24, 2.45) is 0 Å². The van der Waals surface area contributed by atoms with Crippen molar-refractivity contribution in [3.05, 3.63) is 30.3 Å². The Hall–Kier alpha value is -1.71. The summed E-state index contributed by atoms with van der Waals surface area (Å²) in [6, 6.07) is 10.2. The molecule has 1 rings (SSSR count). The molecule has 0 aromatic heterocycles. The molecule has 0 bridgehead atoms. The number of anilines is 1. The molecule has 0 aliphatic carbocycles. The number of amides is 1. The van der Waals surface area contributed by atoms with Gasteiger partial charge in [0, 0.05) is 25.8 Å². The summed E-state index contributed by atoms with van der Waals surface area (Å²) in [5, 5.41) is 2.76. The molecular weight excluding hydrogens is 240 g/mol. The molecule has 0 aliphatic heterocycles. The standard InChI is InChI=1S/C15H24N2O2/c1-15(2,3)19-14(18)16-11-8-12-17(4)13-9-6-5-7-10-13/h5-7,9-10H,8,11-12H2,1-4H3,(H,16,18). The molecule has 1 aromatic carbocycles. The number of para-hydroxylation sites is 1. The third-order valence-corrected chi connectivity index (χ3v) is 2.54.